The number of rotatable bonds is 4. The van der Waals surface area contributed by atoms with Gasteiger partial charge in [-0.15, -0.1) is 0 Å². The van der Waals surface area contributed by atoms with Crippen LogP contribution in [-0.2, 0) is 13.0 Å². The van der Waals surface area contributed by atoms with Crippen LogP contribution in [0.5, 0.6) is 5.88 Å². The van der Waals surface area contributed by atoms with Crippen LogP contribution >= 0.6 is 0 Å². The van der Waals surface area contributed by atoms with E-state index >= 15 is 0 Å². The fourth-order valence-electron chi connectivity index (χ4n) is 2.15. The van der Waals surface area contributed by atoms with Crippen LogP contribution in [-0.4, -0.2) is 14.9 Å². The first-order valence-electron chi connectivity index (χ1n) is 6.47. The number of aromatic hydroxyl groups is 1. The second-order valence-corrected chi connectivity index (χ2v) is 4.93. The van der Waals surface area contributed by atoms with Crippen LogP contribution in [0.25, 0.3) is 11.1 Å². The van der Waals surface area contributed by atoms with Crippen molar-refractivity contribution in [1.82, 2.24) is 9.78 Å². The molecule has 2 aromatic rings. The smallest absolute Gasteiger partial charge is 0.217 e. The van der Waals surface area contributed by atoms with Crippen molar-refractivity contribution in [2.75, 3.05) is 0 Å². The van der Waals surface area contributed by atoms with Crippen LogP contribution in [0.15, 0.2) is 30.3 Å². The fourth-order valence-corrected chi connectivity index (χ4v) is 2.15. The maximum atomic E-state index is 10.3. The maximum Gasteiger partial charge on any atom is 0.217 e. The van der Waals surface area contributed by atoms with Crippen molar-refractivity contribution in [2.45, 2.75) is 33.7 Å². The number of aromatic nitrogens is 2. The molecule has 0 unspecified atom stereocenters. The summed E-state index contributed by atoms with van der Waals surface area (Å²) in [5.74, 6) is 0.798. The molecule has 1 aromatic heterocycles. The average molecular weight is 244 g/mol. The molecule has 1 N–H and O–H groups in total. The van der Waals surface area contributed by atoms with E-state index in [9.17, 15) is 5.11 Å². The molecule has 0 atom stereocenters. The summed E-state index contributed by atoms with van der Waals surface area (Å²) in [6.45, 7) is 7.00. The third-order valence-electron chi connectivity index (χ3n) is 2.96. The van der Waals surface area contributed by atoms with Crippen LogP contribution < -0.4 is 0 Å². The molecule has 0 aliphatic carbocycles. The zero-order valence-electron chi connectivity index (χ0n) is 11.2. The van der Waals surface area contributed by atoms with Crippen molar-refractivity contribution in [3.05, 3.63) is 36.0 Å². The van der Waals surface area contributed by atoms with Crippen LogP contribution in [0, 0.1) is 5.92 Å². The minimum absolute atomic E-state index is 0.277. The molecule has 0 saturated carbocycles. The third kappa shape index (κ3) is 2.40. The van der Waals surface area contributed by atoms with Gasteiger partial charge in [0.1, 0.15) is 0 Å². The number of hydrogen-bond donors (Lipinski definition) is 1. The van der Waals surface area contributed by atoms with Crippen molar-refractivity contribution >= 4 is 0 Å². The summed E-state index contributed by atoms with van der Waals surface area (Å²) in [5, 5.41) is 14.8. The van der Waals surface area contributed by atoms with Crippen molar-refractivity contribution < 1.29 is 5.11 Å². The Bertz CT molecular complexity index is 515. The van der Waals surface area contributed by atoms with Gasteiger partial charge in [-0.25, -0.2) is 4.68 Å². The van der Waals surface area contributed by atoms with Gasteiger partial charge < -0.3 is 5.11 Å². The van der Waals surface area contributed by atoms with E-state index < -0.39 is 0 Å². The maximum absolute atomic E-state index is 10.3. The second kappa shape index (κ2) is 5.25. The molecule has 96 valence electrons. The van der Waals surface area contributed by atoms with Gasteiger partial charge in [-0.05, 0) is 24.8 Å². The molecule has 0 spiro atoms. The Morgan fingerprint density at radius 3 is 2.44 bits per heavy atom. The molecule has 3 heteroatoms. The Labute approximate surface area is 108 Å². The Kier molecular flexibility index (Phi) is 3.70. The van der Waals surface area contributed by atoms with E-state index in [0.717, 1.165) is 23.2 Å². The summed E-state index contributed by atoms with van der Waals surface area (Å²) in [6.07, 6.45) is 0.880. The Balaban J connectivity index is 2.53. The molecule has 0 aliphatic heterocycles. The highest BCUT2D eigenvalue weighted by Crippen LogP contribution is 2.33. The van der Waals surface area contributed by atoms with E-state index in [2.05, 4.69) is 18.9 Å². The summed E-state index contributed by atoms with van der Waals surface area (Å²) in [7, 11) is 0. The lowest BCUT2D eigenvalue weighted by atomic mass is 10.00. The topological polar surface area (TPSA) is 38.0 Å². The summed E-state index contributed by atoms with van der Waals surface area (Å²) < 4.78 is 1.67. The summed E-state index contributed by atoms with van der Waals surface area (Å²) >= 11 is 0. The Morgan fingerprint density at radius 1 is 1.22 bits per heavy atom. The average Bonchev–Trinajstić information content (AvgIpc) is 2.66. The fraction of sp³-hybridized carbons (Fsp3) is 0.400. The molecule has 0 amide bonds. The SMILES string of the molecule is CCn1nc(CC(C)C)c(-c2ccccc2)c1O. The first-order valence-corrected chi connectivity index (χ1v) is 6.47. The predicted molar refractivity (Wildman–Crippen MR) is 73.5 cm³/mol. The number of benzene rings is 1. The molecule has 2 rings (SSSR count). The highest BCUT2D eigenvalue weighted by molar-refractivity contribution is 5.71. The first kappa shape index (κ1) is 12.7. The minimum Gasteiger partial charge on any atom is -0.493 e. The van der Waals surface area contributed by atoms with Crippen LogP contribution in [0.2, 0.25) is 0 Å². The molecule has 18 heavy (non-hydrogen) atoms. The van der Waals surface area contributed by atoms with Crippen LogP contribution in [0.3, 0.4) is 0 Å². The van der Waals surface area contributed by atoms with E-state index in [4.69, 9.17) is 0 Å². The van der Waals surface area contributed by atoms with E-state index in [0.29, 0.717) is 12.5 Å². The van der Waals surface area contributed by atoms with Gasteiger partial charge in [-0.1, -0.05) is 44.2 Å². The molecule has 0 radical (unpaired) electrons. The molecular formula is C15H20N2O. The molecule has 0 aliphatic rings. The molecule has 0 fully saturated rings. The van der Waals surface area contributed by atoms with Gasteiger partial charge in [0.05, 0.1) is 11.3 Å². The normalized spacial score (nSPS) is 11.1. The van der Waals surface area contributed by atoms with Gasteiger partial charge in [-0.2, -0.15) is 5.10 Å². The van der Waals surface area contributed by atoms with Crippen LogP contribution in [0.1, 0.15) is 26.5 Å². The lowest BCUT2D eigenvalue weighted by Crippen LogP contribution is -1.99. The third-order valence-corrected chi connectivity index (χ3v) is 2.96. The lowest BCUT2D eigenvalue weighted by molar-refractivity contribution is 0.406. The summed E-state index contributed by atoms with van der Waals surface area (Å²) in [4.78, 5) is 0. The molecular weight excluding hydrogens is 224 g/mol. The van der Waals surface area contributed by atoms with E-state index in [-0.39, 0.29) is 5.88 Å². The standard InChI is InChI=1S/C15H20N2O/c1-4-17-15(18)14(12-8-6-5-7-9-12)13(16-17)10-11(2)3/h5-9,11,18H,4,10H2,1-3H3. The minimum atomic E-state index is 0.277. The highest BCUT2D eigenvalue weighted by atomic mass is 16.3. The van der Waals surface area contributed by atoms with Crippen molar-refractivity contribution in [1.29, 1.82) is 0 Å². The summed E-state index contributed by atoms with van der Waals surface area (Å²) in [5.41, 5.74) is 2.90. The van der Waals surface area contributed by atoms with Gasteiger partial charge in [0.25, 0.3) is 0 Å². The zero-order valence-corrected chi connectivity index (χ0v) is 11.2. The molecule has 1 aromatic carbocycles. The van der Waals surface area contributed by atoms with Gasteiger partial charge in [0.15, 0.2) is 0 Å². The lowest BCUT2D eigenvalue weighted by Gasteiger charge is -2.05. The predicted octanol–water partition coefficient (Wildman–Crippen LogP) is 3.47. The quantitative estimate of drug-likeness (QED) is 0.894. The molecule has 3 nitrogen and oxygen atoms in total. The molecule has 0 bridgehead atoms. The van der Waals surface area contributed by atoms with Gasteiger partial charge in [0, 0.05) is 6.54 Å². The Morgan fingerprint density at radius 2 is 1.89 bits per heavy atom. The summed E-state index contributed by atoms with van der Waals surface area (Å²) in [6, 6.07) is 9.97. The van der Waals surface area contributed by atoms with Crippen molar-refractivity contribution in [3.8, 4) is 17.0 Å². The van der Waals surface area contributed by atoms with E-state index in [1.165, 1.54) is 0 Å². The van der Waals surface area contributed by atoms with Crippen molar-refractivity contribution in [3.63, 3.8) is 0 Å². The van der Waals surface area contributed by atoms with Gasteiger partial charge in [-0.3, -0.25) is 0 Å². The van der Waals surface area contributed by atoms with Gasteiger partial charge in [0.2, 0.25) is 5.88 Å². The number of aryl methyl sites for hydroxylation is 1. The van der Waals surface area contributed by atoms with Crippen LogP contribution in [0.4, 0.5) is 0 Å². The largest absolute Gasteiger partial charge is 0.493 e. The van der Waals surface area contributed by atoms with Gasteiger partial charge >= 0.3 is 0 Å². The molecule has 0 saturated heterocycles. The van der Waals surface area contributed by atoms with E-state index in [1.54, 1.807) is 4.68 Å². The zero-order chi connectivity index (χ0) is 13.1. The highest BCUT2D eigenvalue weighted by Gasteiger charge is 2.18. The Hall–Kier alpha value is -1.77. The van der Waals surface area contributed by atoms with E-state index in [1.807, 2.05) is 37.3 Å². The van der Waals surface area contributed by atoms with Crippen molar-refractivity contribution in [2.24, 2.45) is 5.92 Å². The monoisotopic (exact) mass is 244 g/mol. The number of nitrogens with zero attached hydrogens (tertiary/aromatic N) is 2. The molecule has 1 heterocycles. The second-order valence-electron chi connectivity index (χ2n) is 4.93. The first-order chi connectivity index (χ1) is 8.63. The number of hydrogen-bond acceptors (Lipinski definition) is 2.